The molecule has 0 bridgehead atoms. The molecule has 1 fully saturated rings. The van der Waals surface area contributed by atoms with Crippen molar-refractivity contribution in [3.63, 3.8) is 0 Å². The lowest BCUT2D eigenvalue weighted by atomic mass is 10.1. The van der Waals surface area contributed by atoms with Gasteiger partial charge in [-0.1, -0.05) is 13.3 Å². The number of hydrogen-bond acceptors (Lipinski definition) is 4. The zero-order chi connectivity index (χ0) is 17.6. The number of guanidine groups is 1. The summed E-state index contributed by atoms with van der Waals surface area (Å²) >= 11 is 0. The van der Waals surface area contributed by atoms with Gasteiger partial charge in [-0.25, -0.2) is 0 Å². The van der Waals surface area contributed by atoms with Crippen LogP contribution < -0.4 is 10.6 Å². The summed E-state index contributed by atoms with van der Waals surface area (Å²) in [5.41, 5.74) is 0. The molecule has 0 aromatic carbocycles. The third kappa shape index (κ3) is 10.4. The summed E-state index contributed by atoms with van der Waals surface area (Å²) in [4.78, 5) is 4.64. The first-order chi connectivity index (χ1) is 12.4. The van der Waals surface area contributed by atoms with Gasteiger partial charge in [0, 0.05) is 45.2 Å². The SMILES string of the molecule is CCCCNC(=NCCCOCC1CCOC1)NCCc1ccco1.I. The summed E-state index contributed by atoms with van der Waals surface area (Å²) in [6.07, 6.45) is 6.95. The Morgan fingerprint density at radius 3 is 2.92 bits per heavy atom. The van der Waals surface area contributed by atoms with E-state index in [1.54, 1.807) is 6.26 Å². The normalized spacial score (nSPS) is 17.1. The van der Waals surface area contributed by atoms with E-state index in [0.717, 1.165) is 83.5 Å². The maximum atomic E-state index is 5.73. The Kier molecular flexibility index (Phi) is 13.7. The third-order valence-electron chi connectivity index (χ3n) is 4.16. The van der Waals surface area contributed by atoms with Crippen LogP contribution in [0.15, 0.2) is 27.8 Å². The molecule has 0 amide bonds. The van der Waals surface area contributed by atoms with Crippen molar-refractivity contribution in [2.24, 2.45) is 10.9 Å². The summed E-state index contributed by atoms with van der Waals surface area (Å²) in [7, 11) is 0. The molecule has 1 aliphatic rings. The Morgan fingerprint density at radius 1 is 1.31 bits per heavy atom. The number of halogens is 1. The van der Waals surface area contributed by atoms with Crippen LogP contribution in [-0.4, -0.2) is 52.0 Å². The van der Waals surface area contributed by atoms with Crippen LogP contribution in [0.1, 0.15) is 38.4 Å². The van der Waals surface area contributed by atoms with Gasteiger partial charge in [0.05, 0.1) is 19.5 Å². The van der Waals surface area contributed by atoms with Gasteiger partial charge in [0.25, 0.3) is 0 Å². The van der Waals surface area contributed by atoms with Crippen LogP contribution in [0, 0.1) is 5.92 Å². The first-order valence-corrected chi connectivity index (χ1v) is 9.58. The lowest BCUT2D eigenvalue weighted by molar-refractivity contribution is 0.0893. The minimum absolute atomic E-state index is 0. The number of rotatable bonds is 12. The quantitative estimate of drug-likeness (QED) is 0.209. The monoisotopic (exact) mass is 479 g/mol. The summed E-state index contributed by atoms with van der Waals surface area (Å²) in [6.45, 7) is 8.02. The fourth-order valence-corrected chi connectivity index (χ4v) is 2.64. The molecule has 1 saturated heterocycles. The molecular weight excluding hydrogens is 445 g/mol. The van der Waals surface area contributed by atoms with Gasteiger partial charge in [0.15, 0.2) is 5.96 Å². The molecule has 7 heteroatoms. The van der Waals surface area contributed by atoms with Crippen molar-refractivity contribution in [3.05, 3.63) is 24.2 Å². The smallest absolute Gasteiger partial charge is 0.191 e. The van der Waals surface area contributed by atoms with Crippen molar-refractivity contribution >= 4 is 29.9 Å². The molecule has 6 nitrogen and oxygen atoms in total. The molecule has 1 aromatic rings. The molecule has 0 saturated carbocycles. The van der Waals surface area contributed by atoms with E-state index in [9.17, 15) is 0 Å². The van der Waals surface area contributed by atoms with E-state index >= 15 is 0 Å². The van der Waals surface area contributed by atoms with Crippen molar-refractivity contribution in [1.82, 2.24) is 10.6 Å². The highest BCUT2D eigenvalue weighted by molar-refractivity contribution is 14.0. The molecule has 1 atom stereocenters. The first-order valence-electron chi connectivity index (χ1n) is 9.58. The molecule has 2 heterocycles. The van der Waals surface area contributed by atoms with Crippen LogP contribution in [0.4, 0.5) is 0 Å². The van der Waals surface area contributed by atoms with Crippen LogP contribution in [0.5, 0.6) is 0 Å². The van der Waals surface area contributed by atoms with Gasteiger partial charge >= 0.3 is 0 Å². The Bertz CT molecular complexity index is 463. The van der Waals surface area contributed by atoms with E-state index in [4.69, 9.17) is 13.9 Å². The number of furan rings is 1. The average molecular weight is 479 g/mol. The second kappa shape index (κ2) is 15.3. The first kappa shape index (κ1) is 23.2. The third-order valence-corrected chi connectivity index (χ3v) is 4.16. The van der Waals surface area contributed by atoms with Gasteiger partial charge in [0.2, 0.25) is 0 Å². The van der Waals surface area contributed by atoms with E-state index in [-0.39, 0.29) is 24.0 Å². The average Bonchev–Trinajstić information content (AvgIpc) is 3.31. The largest absolute Gasteiger partial charge is 0.469 e. The highest BCUT2D eigenvalue weighted by Gasteiger charge is 2.15. The van der Waals surface area contributed by atoms with Gasteiger partial charge in [-0.2, -0.15) is 0 Å². The fraction of sp³-hybridized carbons (Fsp3) is 0.737. The van der Waals surface area contributed by atoms with Crippen LogP contribution in [0.2, 0.25) is 0 Å². The topological polar surface area (TPSA) is 68.0 Å². The van der Waals surface area contributed by atoms with Crippen molar-refractivity contribution in [2.45, 2.75) is 39.0 Å². The predicted molar refractivity (Wildman–Crippen MR) is 115 cm³/mol. The summed E-state index contributed by atoms with van der Waals surface area (Å²) in [5, 5.41) is 6.76. The molecule has 150 valence electrons. The standard InChI is InChI=1S/C19H33N3O3.HI/c1-2-3-9-20-19(22-11-7-18-6-4-13-25-18)21-10-5-12-23-15-17-8-14-24-16-17;/h4,6,13,17H,2-3,5,7-12,14-16H2,1H3,(H2,20,21,22);1H. The Hall–Kier alpha value is -0.800. The van der Waals surface area contributed by atoms with Gasteiger partial charge in [0.1, 0.15) is 5.76 Å². The van der Waals surface area contributed by atoms with Gasteiger partial charge in [-0.3, -0.25) is 4.99 Å². The zero-order valence-electron chi connectivity index (χ0n) is 15.9. The van der Waals surface area contributed by atoms with E-state index < -0.39 is 0 Å². The maximum Gasteiger partial charge on any atom is 0.191 e. The van der Waals surface area contributed by atoms with E-state index in [2.05, 4.69) is 22.5 Å². The molecule has 2 N–H and O–H groups in total. The van der Waals surface area contributed by atoms with E-state index in [0.29, 0.717) is 5.92 Å². The second-order valence-electron chi connectivity index (χ2n) is 6.42. The number of unbranched alkanes of at least 4 members (excludes halogenated alkanes) is 1. The molecule has 0 spiro atoms. The number of nitrogens with one attached hydrogen (secondary N) is 2. The minimum atomic E-state index is 0. The van der Waals surface area contributed by atoms with Crippen molar-refractivity contribution in [3.8, 4) is 0 Å². The number of hydrogen-bond donors (Lipinski definition) is 2. The molecule has 1 aliphatic heterocycles. The lowest BCUT2D eigenvalue weighted by Gasteiger charge is -2.12. The Balaban J connectivity index is 0.00000338. The number of nitrogens with zero attached hydrogens (tertiary/aromatic N) is 1. The van der Waals surface area contributed by atoms with Crippen LogP contribution >= 0.6 is 24.0 Å². The summed E-state index contributed by atoms with van der Waals surface area (Å²) < 4.78 is 16.4. The van der Waals surface area contributed by atoms with Gasteiger partial charge in [-0.15, -0.1) is 24.0 Å². The Labute approximate surface area is 174 Å². The minimum Gasteiger partial charge on any atom is -0.469 e. The van der Waals surface area contributed by atoms with Gasteiger partial charge < -0.3 is 24.5 Å². The predicted octanol–water partition coefficient (Wildman–Crippen LogP) is 3.22. The van der Waals surface area contributed by atoms with Crippen LogP contribution in [-0.2, 0) is 15.9 Å². The molecular formula is C19H34IN3O3. The molecule has 26 heavy (non-hydrogen) atoms. The molecule has 0 aliphatic carbocycles. The number of aliphatic imine (C=N–C) groups is 1. The van der Waals surface area contributed by atoms with Crippen molar-refractivity contribution < 1.29 is 13.9 Å². The van der Waals surface area contributed by atoms with Crippen LogP contribution in [0.3, 0.4) is 0 Å². The Morgan fingerprint density at radius 2 is 2.19 bits per heavy atom. The molecule has 2 rings (SSSR count). The highest BCUT2D eigenvalue weighted by atomic mass is 127. The van der Waals surface area contributed by atoms with Crippen LogP contribution in [0.25, 0.3) is 0 Å². The van der Waals surface area contributed by atoms with E-state index in [1.165, 1.54) is 6.42 Å². The van der Waals surface area contributed by atoms with Crippen molar-refractivity contribution in [1.29, 1.82) is 0 Å². The second-order valence-corrected chi connectivity index (χ2v) is 6.42. The lowest BCUT2D eigenvalue weighted by Crippen LogP contribution is -2.39. The number of ether oxygens (including phenoxy) is 2. The highest BCUT2D eigenvalue weighted by Crippen LogP contribution is 2.12. The summed E-state index contributed by atoms with van der Waals surface area (Å²) in [5.74, 6) is 2.45. The molecule has 1 aromatic heterocycles. The molecule has 1 unspecified atom stereocenters. The maximum absolute atomic E-state index is 5.73. The van der Waals surface area contributed by atoms with Gasteiger partial charge in [-0.05, 0) is 31.4 Å². The zero-order valence-corrected chi connectivity index (χ0v) is 18.2. The van der Waals surface area contributed by atoms with E-state index in [1.807, 2.05) is 12.1 Å². The summed E-state index contributed by atoms with van der Waals surface area (Å²) in [6, 6.07) is 3.91. The van der Waals surface area contributed by atoms with Crippen molar-refractivity contribution in [2.75, 3.05) is 46.1 Å². The fourth-order valence-electron chi connectivity index (χ4n) is 2.64. The molecule has 0 radical (unpaired) electrons.